The number of nitrogens with zero attached hydrogens (tertiary/aromatic N) is 2. The summed E-state index contributed by atoms with van der Waals surface area (Å²) in [6, 6.07) is 9.59. The third-order valence-corrected chi connectivity index (χ3v) is 5.12. The van der Waals surface area contributed by atoms with Crippen LogP contribution in [0.5, 0.6) is 5.75 Å². The fourth-order valence-corrected chi connectivity index (χ4v) is 3.78. The van der Waals surface area contributed by atoms with Gasteiger partial charge in [-0.05, 0) is 35.9 Å². The molecule has 0 amide bonds. The molecule has 0 atom stereocenters. The first kappa shape index (κ1) is 17.7. The van der Waals surface area contributed by atoms with Crippen molar-refractivity contribution in [3.8, 4) is 5.75 Å². The van der Waals surface area contributed by atoms with E-state index in [4.69, 9.17) is 4.74 Å². The van der Waals surface area contributed by atoms with Gasteiger partial charge in [0, 0.05) is 54.7 Å². The van der Waals surface area contributed by atoms with Crippen molar-refractivity contribution in [3.05, 3.63) is 65.5 Å². The minimum atomic E-state index is -0.0430. The predicted molar refractivity (Wildman–Crippen MR) is 103 cm³/mol. The molecule has 130 valence electrons. The molecule has 1 saturated heterocycles. The van der Waals surface area contributed by atoms with E-state index in [1.165, 1.54) is 11.5 Å². The number of ketones is 1. The van der Waals surface area contributed by atoms with Crippen LogP contribution >= 0.6 is 11.8 Å². The zero-order valence-corrected chi connectivity index (χ0v) is 15.2. The first-order chi connectivity index (χ1) is 12.3. The minimum absolute atomic E-state index is 0.0430. The summed E-state index contributed by atoms with van der Waals surface area (Å²) in [7, 11) is 1.70. The largest absolute Gasteiger partial charge is 0.496 e. The second-order valence-electron chi connectivity index (χ2n) is 5.90. The lowest BCUT2D eigenvalue weighted by Crippen LogP contribution is -2.32. The van der Waals surface area contributed by atoms with E-state index in [9.17, 15) is 4.79 Å². The number of pyridine rings is 1. The maximum atomic E-state index is 12.2. The van der Waals surface area contributed by atoms with Gasteiger partial charge in [-0.3, -0.25) is 14.7 Å². The highest BCUT2D eigenvalue weighted by Crippen LogP contribution is 2.23. The molecule has 2 aromatic rings. The second kappa shape index (κ2) is 8.83. The van der Waals surface area contributed by atoms with E-state index < -0.39 is 0 Å². The highest BCUT2D eigenvalue weighted by molar-refractivity contribution is 7.99. The number of benzene rings is 1. The summed E-state index contributed by atoms with van der Waals surface area (Å²) in [5.74, 6) is 3.22. The van der Waals surface area contributed by atoms with Gasteiger partial charge in [0.1, 0.15) is 5.75 Å². The normalized spacial score (nSPS) is 15.4. The fourth-order valence-electron chi connectivity index (χ4n) is 2.80. The lowest BCUT2D eigenvalue weighted by molar-refractivity contribution is 0.104. The molecule has 4 nitrogen and oxygen atoms in total. The van der Waals surface area contributed by atoms with Gasteiger partial charge in [0.15, 0.2) is 5.78 Å². The van der Waals surface area contributed by atoms with Crippen molar-refractivity contribution >= 4 is 23.6 Å². The van der Waals surface area contributed by atoms with Crippen molar-refractivity contribution in [3.63, 3.8) is 0 Å². The SMILES string of the molecule is COc1ccc(/C=C/C(=O)c2cccnc2)cc1CN1CCSCC1. The average molecular weight is 354 g/mol. The van der Waals surface area contributed by atoms with Gasteiger partial charge >= 0.3 is 0 Å². The van der Waals surface area contributed by atoms with Crippen molar-refractivity contribution in [2.24, 2.45) is 0 Å². The molecule has 0 N–H and O–H groups in total. The van der Waals surface area contributed by atoms with Crippen molar-refractivity contribution < 1.29 is 9.53 Å². The van der Waals surface area contributed by atoms with Crippen LogP contribution in [0.3, 0.4) is 0 Å². The maximum absolute atomic E-state index is 12.2. The molecule has 3 rings (SSSR count). The molecule has 25 heavy (non-hydrogen) atoms. The first-order valence-corrected chi connectivity index (χ1v) is 9.51. The second-order valence-corrected chi connectivity index (χ2v) is 7.12. The molecule has 2 heterocycles. The Morgan fingerprint density at radius 2 is 2.16 bits per heavy atom. The van der Waals surface area contributed by atoms with E-state index >= 15 is 0 Å². The summed E-state index contributed by atoms with van der Waals surface area (Å²) in [6.45, 7) is 3.09. The summed E-state index contributed by atoms with van der Waals surface area (Å²) in [5.41, 5.74) is 2.75. The lowest BCUT2D eigenvalue weighted by atomic mass is 10.1. The Kier molecular flexibility index (Phi) is 6.25. The van der Waals surface area contributed by atoms with E-state index in [2.05, 4.69) is 16.0 Å². The Hall–Kier alpha value is -2.11. The average Bonchev–Trinajstić information content (AvgIpc) is 2.68. The van der Waals surface area contributed by atoms with Crippen LogP contribution in [0.1, 0.15) is 21.5 Å². The van der Waals surface area contributed by atoms with E-state index in [1.807, 2.05) is 30.0 Å². The number of hydrogen-bond donors (Lipinski definition) is 0. The van der Waals surface area contributed by atoms with E-state index in [-0.39, 0.29) is 5.78 Å². The van der Waals surface area contributed by atoms with E-state index in [0.29, 0.717) is 5.56 Å². The summed E-state index contributed by atoms with van der Waals surface area (Å²) in [5, 5.41) is 0. The lowest BCUT2D eigenvalue weighted by Gasteiger charge is -2.26. The molecule has 5 heteroatoms. The topological polar surface area (TPSA) is 42.4 Å². The van der Waals surface area contributed by atoms with E-state index in [1.54, 1.807) is 37.7 Å². The molecule has 0 bridgehead atoms. The number of hydrogen-bond acceptors (Lipinski definition) is 5. The van der Waals surface area contributed by atoms with Gasteiger partial charge in [-0.25, -0.2) is 0 Å². The first-order valence-electron chi connectivity index (χ1n) is 8.36. The number of carbonyl (C=O) groups is 1. The highest BCUT2D eigenvalue weighted by atomic mass is 32.2. The van der Waals surface area contributed by atoms with Gasteiger partial charge in [-0.1, -0.05) is 12.1 Å². The van der Waals surface area contributed by atoms with E-state index in [0.717, 1.165) is 36.5 Å². The molecule has 1 aliphatic heterocycles. The van der Waals surface area contributed by atoms with Gasteiger partial charge in [-0.2, -0.15) is 11.8 Å². The highest BCUT2D eigenvalue weighted by Gasteiger charge is 2.13. The number of aromatic nitrogens is 1. The minimum Gasteiger partial charge on any atom is -0.496 e. The predicted octanol–water partition coefficient (Wildman–Crippen LogP) is 3.54. The molecule has 1 aromatic heterocycles. The standard InChI is InChI=1S/C20H22N2O2S/c1-24-20-7-5-16(4-6-19(23)17-3-2-8-21-14-17)13-18(20)15-22-9-11-25-12-10-22/h2-8,13-14H,9-12,15H2,1H3/b6-4+. The van der Waals surface area contributed by atoms with Crippen LogP contribution in [0.2, 0.25) is 0 Å². The van der Waals surface area contributed by atoms with Gasteiger partial charge in [0.2, 0.25) is 0 Å². The van der Waals surface area contributed by atoms with Crippen LogP contribution in [0.4, 0.5) is 0 Å². The Bertz CT molecular complexity index is 741. The smallest absolute Gasteiger partial charge is 0.187 e. The molecular formula is C20H22N2O2S. The van der Waals surface area contributed by atoms with Gasteiger partial charge in [0.25, 0.3) is 0 Å². The zero-order chi connectivity index (χ0) is 17.5. The molecule has 1 aromatic carbocycles. The quantitative estimate of drug-likeness (QED) is 0.586. The number of rotatable bonds is 6. The Balaban J connectivity index is 1.74. The van der Waals surface area contributed by atoms with Crippen LogP contribution < -0.4 is 4.74 Å². The Labute approximate surface area is 152 Å². The molecule has 0 spiro atoms. The van der Waals surface area contributed by atoms with Crippen LogP contribution in [0.25, 0.3) is 6.08 Å². The molecule has 1 aliphatic rings. The van der Waals surface area contributed by atoms with Crippen LogP contribution in [-0.4, -0.2) is 47.4 Å². The molecule has 1 fully saturated rings. The third-order valence-electron chi connectivity index (χ3n) is 4.18. The number of thioether (sulfide) groups is 1. The van der Waals surface area contributed by atoms with Gasteiger partial charge < -0.3 is 4.74 Å². The number of allylic oxidation sites excluding steroid dienone is 1. The summed E-state index contributed by atoms with van der Waals surface area (Å²) in [4.78, 5) is 18.6. The van der Waals surface area contributed by atoms with Crippen molar-refractivity contribution in [1.82, 2.24) is 9.88 Å². The van der Waals surface area contributed by atoms with Crippen molar-refractivity contribution in [2.45, 2.75) is 6.54 Å². The number of methoxy groups -OCH3 is 1. The zero-order valence-electron chi connectivity index (χ0n) is 14.4. The summed E-state index contributed by atoms with van der Waals surface area (Å²) in [6.07, 6.45) is 6.69. The third kappa shape index (κ3) is 4.94. The van der Waals surface area contributed by atoms with Crippen molar-refractivity contribution in [2.75, 3.05) is 31.7 Å². The number of carbonyl (C=O) groups excluding carboxylic acids is 1. The molecule has 0 saturated carbocycles. The summed E-state index contributed by atoms with van der Waals surface area (Å²) < 4.78 is 5.51. The van der Waals surface area contributed by atoms with Crippen LogP contribution in [0.15, 0.2) is 48.8 Å². The van der Waals surface area contributed by atoms with Gasteiger partial charge in [-0.15, -0.1) is 0 Å². The Morgan fingerprint density at radius 3 is 2.88 bits per heavy atom. The summed E-state index contributed by atoms with van der Waals surface area (Å²) >= 11 is 2.00. The Morgan fingerprint density at radius 1 is 1.32 bits per heavy atom. The van der Waals surface area contributed by atoms with Gasteiger partial charge in [0.05, 0.1) is 7.11 Å². The monoisotopic (exact) mass is 354 g/mol. The molecule has 0 aliphatic carbocycles. The number of ether oxygens (including phenoxy) is 1. The molecular weight excluding hydrogens is 332 g/mol. The molecule has 0 radical (unpaired) electrons. The van der Waals surface area contributed by atoms with Crippen LogP contribution in [-0.2, 0) is 6.54 Å². The van der Waals surface area contributed by atoms with Crippen molar-refractivity contribution in [1.29, 1.82) is 0 Å². The molecule has 0 unspecified atom stereocenters. The fraction of sp³-hybridized carbons (Fsp3) is 0.300. The van der Waals surface area contributed by atoms with Crippen LogP contribution in [0, 0.1) is 0 Å². The maximum Gasteiger partial charge on any atom is 0.187 e.